The topological polar surface area (TPSA) is 55.6 Å². The largest absolute Gasteiger partial charge is 0.311 e. The van der Waals surface area contributed by atoms with Gasteiger partial charge in [0.05, 0.1) is 12.1 Å². The van der Waals surface area contributed by atoms with Crippen LogP contribution in [-0.2, 0) is 0 Å². The number of hydrogen-bond donors (Lipinski definition) is 1. The van der Waals surface area contributed by atoms with Crippen LogP contribution in [0, 0.1) is 5.92 Å². The van der Waals surface area contributed by atoms with E-state index in [4.69, 9.17) is 0 Å². The summed E-state index contributed by atoms with van der Waals surface area (Å²) < 4.78 is 2.04. The van der Waals surface area contributed by atoms with E-state index in [1.807, 2.05) is 11.7 Å². The van der Waals surface area contributed by atoms with Crippen LogP contribution in [0.25, 0.3) is 0 Å². The summed E-state index contributed by atoms with van der Waals surface area (Å²) >= 11 is 0. The maximum absolute atomic E-state index is 4.20. The van der Waals surface area contributed by atoms with Gasteiger partial charge in [-0.1, -0.05) is 19.8 Å². The van der Waals surface area contributed by atoms with Crippen LogP contribution in [0.3, 0.4) is 0 Å². The lowest BCUT2D eigenvalue weighted by Gasteiger charge is -2.29. The Hall–Kier alpha value is -0.970. The van der Waals surface area contributed by atoms with Gasteiger partial charge < -0.3 is 5.32 Å². The van der Waals surface area contributed by atoms with Crippen molar-refractivity contribution < 1.29 is 0 Å². The fraction of sp³-hybridized carbons (Fsp3) is 0.923. The molecule has 1 N–H and O–H groups in total. The second-order valence-electron chi connectivity index (χ2n) is 5.46. The first-order valence-corrected chi connectivity index (χ1v) is 7.21. The third-order valence-electron chi connectivity index (χ3n) is 4.20. The van der Waals surface area contributed by atoms with Gasteiger partial charge in [0, 0.05) is 0 Å². The van der Waals surface area contributed by atoms with Crippen LogP contribution in [0.5, 0.6) is 0 Å². The highest BCUT2D eigenvalue weighted by molar-refractivity contribution is 4.92. The predicted molar refractivity (Wildman–Crippen MR) is 71.2 cm³/mol. The summed E-state index contributed by atoms with van der Waals surface area (Å²) in [6, 6.07) is 0.715. The standard InChI is InChI=1S/C13H25N5/c1-4-5-11-6-8-12(9-7-11)18-13(10(2)14-3)15-16-17-18/h10-12,14H,4-9H2,1-3H3. The molecule has 1 heterocycles. The summed E-state index contributed by atoms with van der Waals surface area (Å²) in [5, 5.41) is 15.4. The van der Waals surface area contributed by atoms with Gasteiger partial charge in [-0.25, -0.2) is 4.68 Å². The Morgan fingerprint density at radius 1 is 1.33 bits per heavy atom. The minimum absolute atomic E-state index is 0.216. The SMILES string of the molecule is CCCC1CCC(n2nnnc2C(C)NC)CC1. The van der Waals surface area contributed by atoms with E-state index in [0.717, 1.165) is 11.7 Å². The summed E-state index contributed by atoms with van der Waals surface area (Å²) in [5.74, 6) is 1.89. The van der Waals surface area contributed by atoms with Gasteiger partial charge in [-0.2, -0.15) is 0 Å². The molecule has 1 atom stereocenters. The van der Waals surface area contributed by atoms with Crippen LogP contribution < -0.4 is 5.32 Å². The van der Waals surface area contributed by atoms with Gasteiger partial charge in [-0.3, -0.25) is 0 Å². The molecule has 1 aromatic rings. The molecule has 5 nitrogen and oxygen atoms in total. The molecule has 1 aliphatic carbocycles. The molecule has 1 saturated carbocycles. The molecule has 2 rings (SSSR count). The molecule has 0 spiro atoms. The Bertz CT molecular complexity index is 354. The molecular formula is C13H25N5. The Kier molecular flexibility index (Phi) is 4.69. The second-order valence-corrected chi connectivity index (χ2v) is 5.46. The van der Waals surface area contributed by atoms with Crippen LogP contribution >= 0.6 is 0 Å². The van der Waals surface area contributed by atoms with E-state index >= 15 is 0 Å². The van der Waals surface area contributed by atoms with Gasteiger partial charge >= 0.3 is 0 Å². The predicted octanol–water partition coefficient (Wildman–Crippen LogP) is 2.48. The van der Waals surface area contributed by atoms with Crippen molar-refractivity contribution in [2.24, 2.45) is 5.92 Å². The molecule has 0 amide bonds. The van der Waals surface area contributed by atoms with Crippen molar-refractivity contribution in [3.63, 3.8) is 0 Å². The van der Waals surface area contributed by atoms with Gasteiger partial charge in [0.25, 0.3) is 0 Å². The zero-order valence-electron chi connectivity index (χ0n) is 11.8. The quantitative estimate of drug-likeness (QED) is 0.873. The maximum atomic E-state index is 4.20. The van der Waals surface area contributed by atoms with E-state index in [9.17, 15) is 0 Å². The first kappa shape index (κ1) is 13.5. The molecule has 0 saturated heterocycles. The lowest BCUT2D eigenvalue weighted by molar-refractivity contribution is 0.241. The third-order valence-corrected chi connectivity index (χ3v) is 4.20. The number of nitrogens with one attached hydrogen (secondary N) is 1. The average molecular weight is 251 g/mol. The summed E-state index contributed by atoms with van der Waals surface area (Å²) in [6.07, 6.45) is 7.78. The lowest BCUT2D eigenvalue weighted by Crippen LogP contribution is -2.24. The van der Waals surface area contributed by atoms with Crippen LogP contribution in [0.4, 0.5) is 0 Å². The second kappa shape index (κ2) is 6.27. The molecule has 0 aromatic carbocycles. The number of aromatic nitrogens is 4. The normalized spacial score (nSPS) is 26.2. The van der Waals surface area contributed by atoms with Crippen molar-refractivity contribution in [2.75, 3.05) is 7.05 Å². The zero-order valence-corrected chi connectivity index (χ0v) is 11.8. The maximum Gasteiger partial charge on any atom is 0.168 e. The van der Waals surface area contributed by atoms with Crippen LogP contribution in [0.1, 0.15) is 70.3 Å². The smallest absolute Gasteiger partial charge is 0.168 e. The molecule has 1 aliphatic rings. The van der Waals surface area contributed by atoms with Crippen molar-refractivity contribution in [2.45, 2.75) is 64.5 Å². The number of tetrazole rings is 1. The highest BCUT2D eigenvalue weighted by Crippen LogP contribution is 2.34. The fourth-order valence-electron chi connectivity index (χ4n) is 2.96. The first-order chi connectivity index (χ1) is 8.76. The van der Waals surface area contributed by atoms with Gasteiger partial charge in [0.15, 0.2) is 5.82 Å². The van der Waals surface area contributed by atoms with E-state index < -0.39 is 0 Å². The molecule has 1 unspecified atom stereocenters. The summed E-state index contributed by atoms with van der Waals surface area (Å²) in [4.78, 5) is 0. The molecular weight excluding hydrogens is 226 g/mol. The first-order valence-electron chi connectivity index (χ1n) is 7.21. The van der Waals surface area contributed by atoms with E-state index in [2.05, 4.69) is 34.7 Å². The van der Waals surface area contributed by atoms with Crippen LogP contribution in [0.2, 0.25) is 0 Å². The van der Waals surface area contributed by atoms with Crippen molar-refractivity contribution in [1.82, 2.24) is 25.5 Å². The van der Waals surface area contributed by atoms with Crippen molar-refractivity contribution in [1.29, 1.82) is 0 Å². The molecule has 0 bridgehead atoms. The molecule has 1 aromatic heterocycles. The highest BCUT2D eigenvalue weighted by Gasteiger charge is 2.25. The van der Waals surface area contributed by atoms with E-state index in [1.54, 1.807) is 0 Å². The number of nitrogens with zero attached hydrogens (tertiary/aromatic N) is 4. The number of rotatable bonds is 5. The van der Waals surface area contributed by atoms with Crippen molar-refractivity contribution >= 4 is 0 Å². The Morgan fingerprint density at radius 3 is 2.67 bits per heavy atom. The van der Waals surface area contributed by atoms with Crippen molar-refractivity contribution in [3.05, 3.63) is 5.82 Å². The number of hydrogen-bond acceptors (Lipinski definition) is 4. The molecule has 0 radical (unpaired) electrons. The highest BCUT2D eigenvalue weighted by atomic mass is 15.6. The summed E-state index contributed by atoms with van der Waals surface area (Å²) in [7, 11) is 1.95. The average Bonchev–Trinajstić information content (AvgIpc) is 2.88. The lowest BCUT2D eigenvalue weighted by atomic mass is 9.83. The molecule has 0 aliphatic heterocycles. The van der Waals surface area contributed by atoms with Crippen LogP contribution in [-0.4, -0.2) is 27.3 Å². The molecule has 102 valence electrons. The van der Waals surface area contributed by atoms with Crippen LogP contribution in [0.15, 0.2) is 0 Å². The summed E-state index contributed by atoms with van der Waals surface area (Å²) in [5.41, 5.74) is 0. The minimum atomic E-state index is 0.216. The Balaban J connectivity index is 1.99. The van der Waals surface area contributed by atoms with Gasteiger partial charge in [0.1, 0.15) is 0 Å². The van der Waals surface area contributed by atoms with E-state index in [1.165, 1.54) is 38.5 Å². The molecule has 18 heavy (non-hydrogen) atoms. The zero-order chi connectivity index (χ0) is 13.0. The van der Waals surface area contributed by atoms with Crippen molar-refractivity contribution in [3.8, 4) is 0 Å². The monoisotopic (exact) mass is 251 g/mol. The van der Waals surface area contributed by atoms with Gasteiger partial charge in [-0.05, 0) is 56.0 Å². The van der Waals surface area contributed by atoms with E-state index in [-0.39, 0.29) is 6.04 Å². The molecule has 5 heteroatoms. The Morgan fingerprint density at radius 2 is 2.06 bits per heavy atom. The fourth-order valence-corrected chi connectivity index (χ4v) is 2.96. The Labute approximate surface area is 109 Å². The van der Waals surface area contributed by atoms with E-state index in [0.29, 0.717) is 6.04 Å². The summed E-state index contributed by atoms with van der Waals surface area (Å²) in [6.45, 7) is 4.38. The van der Waals surface area contributed by atoms with Gasteiger partial charge in [0.2, 0.25) is 0 Å². The minimum Gasteiger partial charge on any atom is -0.311 e. The third kappa shape index (κ3) is 2.88. The van der Waals surface area contributed by atoms with Gasteiger partial charge in [-0.15, -0.1) is 5.10 Å². The molecule has 1 fully saturated rings.